The first-order valence-corrected chi connectivity index (χ1v) is 13.9. The zero-order valence-electron chi connectivity index (χ0n) is 25.2. The molecule has 2 aliphatic rings. The first-order chi connectivity index (χ1) is 20.8. The average molecular weight is 585 g/mol. The van der Waals surface area contributed by atoms with Crippen LogP contribution in [-0.4, -0.2) is 47.2 Å². The van der Waals surface area contributed by atoms with Gasteiger partial charge in [0.05, 0.1) is 41.5 Å². The Morgan fingerprint density at radius 3 is 2.07 bits per heavy atom. The van der Waals surface area contributed by atoms with Crippen LogP contribution in [0.3, 0.4) is 0 Å². The normalized spacial score (nSPS) is 18.0. The number of allylic oxidation sites excluding steroid dienone is 3. The van der Waals surface area contributed by atoms with Crippen molar-refractivity contribution in [2.24, 2.45) is 0 Å². The maximum atomic E-state index is 14.1. The predicted octanol–water partition coefficient (Wildman–Crippen LogP) is 5.73. The zero-order chi connectivity index (χ0) is 30.7. The molecule has 1 amide bonds. The first kappa shape index (κ1) is 29.6. The molecule has 0 radical (unpaired) electrons. The molecule has 43 heavy (non-hydrogen) atoms. The third kappa shape index (κ3) is 5.75. The first-order valence-electron chi connectivity index (χ1n) is 13.9. The third-order valence-electron chi connectivity index (χ3n) is 8.05. The van der Waals surface area contributed by atoms with Gasteiger partial charge in [0.25, 0.3) is 5.91 Å². The molecule has 0 unspecified atom stereocenters. The van der Waals surface area contributed by atoms with Crippen molar-refractivity contribution in [2.45, 2.75) is 31.6 Å². The Morgan fingerprint density at radius 2 is 1.42 bits per heavy atom. The van der Waals surface area contributed by atoms with Gasteiger partial charge >= 0.3 is 0 Å². The molecule has 0 bridgehead atoms. The van der Waals surface area contributed by atoms with E-state index >= 15 is 0 Å². The second kappa shape index (κ2) is 12.5. The van der Waals surface area contributed by atoms with Gasteiger partial charge in [0.15, 0.2) is 17.3 Å². The van der Waals surface area contributed by atoms with Crippen molar-refractivity contribution in [1.82, 2.24) is 5.32 Å². The molecule has 2 N–H and O–H groups in total. The largest absolute Gasteiger partial charge is 0.497 e. The van der Waals surface area contributed by atoms with Crippen molar-refractivity contribution >= 4 is 17.4 Å². The molecule has 1 aliphatic heterocycles. The fourth-order valence-electron chi connectivity index (χ4n) is 5.93. The van der Waals surface area contributed by atoms with Gasteiger partial charge in [-0.05, 0) is 79.4 Å². The Bertz CT molecular complexity index is 1610. The zero-order valence-corrected chi connectivity index (χ0v) is 25.2. The number of methoxy groups -OCH3 is 5. The van der Waals surface area contributed by atoms with E-state index < -0.39 is 5.92 Å². The molecule has 3 aromatic rings. The van der Waals surface area contributed by atoms with Gasteiger partial charge in [-0.2, -0.15) is 0 Å². The number of anilines is 1. The van der Waals surface area contributed by atoms with Gasteiger partial charge in [0, 0.05) is 40.2 Å². The molecule has 9 nitrogen and oxygen atoms in total. The number of benzene rings is 3. The van der Waals surface area contributed by atoms with Crippen molar-refractivity contribution in [1.29, 1.82) is 0 Å². The van der Waals surface area contributed by atoms with Gasteiger partial charge in [-0.15, -0.1) is 0 Å². The molecule has 0 fully saturated rings. The molecule has 3 aromatic carbocycles. The maximum Gasteiger partial charge on any atom is 0.254 e. The molecule has 0 saturated heterocycles. The SMILES string of the molecule is COc1ccc(NC(=O)C2=C(C)NC3=C(C(=O)C[C@@H](c4ccc(OC)c(OC)c4)C3)[C@@H]2c2cc(OC)ccc2OC)cc1. The van der Waals surface area contributed by atoms with E-state index in [1.165, 1.54) is 0 Å². The molecule has 0 spiro atoms. The standard InChI is InChI=1S/C34H36N2O7/c1-19-31(34(38)36-22-8-10-23(39-2)11-9-22)32(25-18-24(40-3)12-14-28(25)41-4)33-26(35-19)15-21(16-27(33)37)20-7-13-29(42-5)30(17-20)43-6/h7-14,17-18,21,32,35H,15-16H2,1-6H3,(H,36,38)/t21-,32+/m0/s1. The number of carbonyl (C=O) groups is 2. The number of ketones is 1. The summed E-state index contributed by atoms with van der Waals surface area (Å²) in [5, 5.41) is 6.43. The number of hydrogen-bond donors (Lipinski definition) is 2. The molecule has 224 valence electrons. The molecule has 1 aliphatic carbocycles. The van der Waals surface area contributed by atoms with Gasteiger partial charge in [-0.25, -0.2) is 0 Å². The van der Waals surface area contributed by atoms with Crippen LogP contribution >= 0.6 is 0 Å². The smallest absolute Gasteiger partial charge is 0.254 e. The number of carbonyl (C=O) groups excluding carboxylic acids is 2. The maximum absolute atomic E-state index is 14.1. The summed E-state index contributed by atoms with van der Waals surface area (Å²) < 4.78 is 27.5. The van der Waals surface area contributed by atoms with Gasteiger partial charge in [0.2, 0.25) is 0 Å². The lowest BCUT2D eigenvalue weighted by molar-refractivity contribution is -0.116. The van der Waals surface area contributed by atoms with Crippen molar-refractivity contribution in [3.63, 3.8) is 0 Å². The second-order valence-electron chi connectivity index (χ2n) is 10.4. The average Bonchev–Trinajstić information content (AvgIpc) is 3.03. The van der Waals surface area contributed by atoms with E-state index in [1.54, 1.807) is 71.9 Å². The Morgan fingerprint density at radius 1 is 0.767 bits per heavy atom. The number of Topliss-reactive ketones (excluding diaryl/α,β-unsaturated/α-hetero) is 1. The van der Waals surface area contributed by atoms with Gasteiger partial charge in [-0.1, -0.05) is 6.07 Å². The summed E-state index contributed by atoms with van der Waals surface area (Å²) in [5.74, 6) is 1.91. The third-order valence-corrected chi connectivity index (χ3v) is 8.05. The summed E-state index contributed by atoms with van der Waals surface area (Å²) in [6.07, 6.45) is 0.843. The molecule has 5 rings (SSSR count). The summed E-state index contributed by atoms with van der Waals surface area (Å²) >= 11 is 0. The Hall–Kier alpha value is -4.92. The van der Waals surface area contributed by atoms with E-state index in [0.717, 1.165) is 11.3 Å². The Balaban J connectivity index is 1.59. The van der Waals surface area contributed by atoms with E-state index in [0.29, 0.717) is 63.3 Å². The fourth-order valence-corrected chi connectivity index (χ4v) is 5.93. The van der Waals surface area contributed by atoms with E-state index in [-0.39, 0.29) is 24.0 Å². The van der Waals surface area contributed by atoms with Crippen LogP contribution < -0.4 is 34.3 Å². The topological polar surface area (TPSA) is 104 Å². The highest BCUT2D eigenvalue weighted by Gasteiger charge is 2.42. The number of dihydropyridines is 1. The van der Waals surface area contributed by atoms with E-state index in [1.807, 2.05) is 31.2 Å². The van der Waals surface area contributed by atoms with Crippen LogP contribution in [0.15, 0.2) is 83.2 Å². The predicted molar refractivity (Wildman–Crippen MR) is 163 cm³/mol. The molecule has 2 atom stereocenters. The van der Waals surface area contributed by atoms with Crippen molar-refractivity contribution < 1.29 is 33.3 Å². The van der Waals surface area contributed by atoms with Crippen molar-refractivity contribution in [3.8, 4) is 28.7 Å². The van der Waals surface area contributed by atoms with E-state index in [2.05, 4.69) is 10.6 Å². The lowest BCUT2D eigenvalue weighted by Crippen LogP contribution is -2.37. The second-order valence-corrected chi connectivity index (χ2v) is 10.4. The van der Waals surface area contributed by atoms with E-state index in [9.17, 15) is 9.59 Å². The summed E-state index contributed by atoms with van der Waals surface area (Å²) in [4.78, 5) is 28.1. The van der Waals surface area contributed by atoms with Crippen LogP contribution in [0, 0.1) is 0 Å². The van der Waals surface area contributed by atoms with Crippen LogP contribution in [0.25, 0.3) is 0 Å². The minimum atomic E-state index is -0.682. The van der Waals surface area contributed by atoms with Crippen LogP contribution in [0.1, 0.15) is 42.7 Å². The van der Waals surface area contributed by atoms with Gasteiger partial charge in [0.1, 0.15) is 17.2 Å². The highest BCUT2D eigenvalue weighted by molar-refractivity contribution is 6.10. The highest BCUT2D eigenvalue weighted by atomic mass is 16.5. The van der Waals surface area contributed by atoms with Gasteiger partial charge in [-0.3, -0.25) is 9.59 Å². The van der Waals surface area contributed by atoms with Crippen LogP contribution in [0.5, 0.6) is 28.7 Å². The van der Waals surface area contributed by atoms with Crippen LogP contribution in [0.2, 0.25) is 0 Å². The van der Waals surface area contributed by atoms with Crippen molar-refractivity contribution in [2.75, 3.05) is 40.9 Å². The highest BCUT2D eigenvalue weighted by Crippen LogP contribution is 2.49. The van der Waals surface area contributed by atoms with Crippen LogP contribution in [-0.2, 0) is 9.59 Å². The molecule has 0 aromatic heterocycles. The van der Waals surface area contributed by atoms with Gasteiger partial charge < -0.3 is 34.3 Å². The quantitative estimate of drug-likeness (QED) is 0.329. The number of ether oxygens (including phenoxy) is 5. The summed E-state index contributed by atoms with van der Waals surface area (Å²) in [7, 11) is 7.93. The summed E-state index contributed by atoms with van der Waals surface area (Å²) in [5.41, 5.74) is 4.66. The number of rotatable bonds is 9. The minimum absolute atomic E-state index is 0.0503. The molecule has 1 heterocycles. The summed E-state index contributed by atoms with van der Waals surface area (Å²) in [6.45, 7) is 1.86. The number of nitrogens with one attached hydrogen (secondary N) is 2. The fraction of sp³-hybridized carbons (Fsp3) is 0.294. The number of amides is 1. The molecule has 0 saturated carbocycles. The van der Waals surface area contributed by atoms with E-state index in [4.69, 9.17) is 23.7 Å². The lowest BCUT2D eigenvalue weighted by Gasteiger charge is -2.37. The molecular formula is C34H36N2O7. The minimum Gasteiger partial charge on any atom is -0.497 e. The summed E-state index contributed by atoms with van der Waals surface area (Å²) in [6, 6.07) is 18.3. The number of hydrogen-bond acceptors (Lipinski definition) is 8. The molecule has 9 heteroatoms. The van der Waals surface area contributed by atoms with Crippen LogP contribution in [0.4, 0.5) is 5.69 Å². The monoisotopic (exact) mass is 584 g/mol. The van der Waals surface area contributed by atoms with Crippen molar-refractivity contribution in [3.05, 3.63) is 94.3 Å². The Kier molecular flexibility index (Phi) is 8.61. The Labute approximate surface area is 251 Å². The lowest BCUT2D eigenvalue weighted by atomic mass is 9.71. The molecular weight excluding hydrogens is 548 g/mol.